The van der Waals surface area contributed by atoms with Gasteiger partial charge in [0.1, 0.15) is 17.5 Å². The second kappa shape index (κ2) is 7.41. The highest BCUT2D eigenvalue weighted by atomic mass is 19.1. The predicted molar refractivity (Wildman–Crippen MR) is 98.5 cm³/mol. The molecular formula is C20H25FN2O3. The summed E-state index contributed by atoms with van der Waals surface area (Å²) in [5.74, 6) is -0.324. The van der Waals surface area contributed by atoms with Crippen LogP contribution in [0.4, 0.5) is 14.9 Å². The van der Waals surface area contributed by atoms with Crippen molar-refractivity contribution in [2.45, 2.75) is 51.7 Å². The average molecular weight is 360 g/mol. The normalized spacial score (nSPS) is 13.2. The van der Waals surface area contributed by atoms with Gasteiger partial charge in [0, 0.05) is 5.41 Å². The average Bonchev–Trinajstić information content (AvgIpc) is 2.53. The number of pyridine rings is 1. The van der Waals surface area contributed by atoms with E-state index in [4.69, 9.17) is 4.74 Å². The number of hydrogen-bond donors (Lipinski definition) is 2. The van der Waals surface area contributed by atoms with Gasteiger partial charge in [-0.2, -0.15) is 0 Å². The van der Waals surface area contributed by atoms with Crippen molar-refractivity contribution in [3.05, 3.63) is 59.7 Å². The lowest BCUT2D eigenvalue weighted by Gasteiger charge is -2.31. The highest BCUT2D eigenvalue weighted by Gasteiger charge is 2.32. The highest BCUT2D eigenvalue weighted by molar-refractivity contribution is 5.84. The first-order chi connectivity index (χ1) is 12.0. The minimum Gasteiger partial charge on any atom is -0.444 e. The van der Waals surface area contributed by atoms with E-state index < -0.39 is 23.2 Å². The molecule has 140 valence electrons. The first-order valence-electron chi connectivity index (χ1n) is 8.39. The molecule has 0 aliphatic rings. The summed E-state index contributed by atoms with van der Waals surface area (Å²) in [6.45, 7) is 9.06. The molecule has 0 bridgehead atoms. The van der Waals surface area contributed by atoms with Gasteiger partial charge in [-0.25, -0.2) is 9.18 Å². The summed E-state index contributed by atoms with van der Waals surface area (Å²) in [4.78, 5) is 16.0. The molecule has 1 heterocycles. The molecule has 0 spiro atoms. The molecule has 0 aliphatic carbocycles. The number of ether oxygens (including phenoxy) is 1. The fourth-order valence-corrected chi connectivity index (χ4v) is 2.47. The SMILES string of the molecule is CC(C)(C)OC(=O)Nc1ccc(C(O)C(C)(C)c2ccc(F)cc2)nc1. The van der Waals surface area contributed by atoms with E-state index in [2.05, 4.69) is 10.3 Å². The van der Waals surface area contributed by atoms with Crippen LogP contribution in [0.15, 0.2) is 42.6 Å². The molecule has 1 unspecified atom stereocenters. The van der Waals surface area contributed by atoms with Crippen molar-refractivity contribution in [1.82, 2.24) is 4.98 Å². The summed E-state index contributed by atoms with van der Waals surface area (Å²) >= 11 is 0. The number of rotatable bonds is 4. The Labute approximate surface area is 153 Å². The van der Waals surface area contributed by atoms with Crippen molar-refractivity contribution in [1.29, 1.82) is 0 Å². The zero-order chi connectivity index (χ0) is 19.5. The van der Waals surface area contributed by atoms with E-state index in [0.717, 1.165) is 5.56 Å². The maximum absolute atomic E-state index is 13.1. The number of nitrogens with one attached hydrogen (secondary N) is 1. The van der Waals surface area contributed by atoms with Crippen LogP contribution in [0.5, 0.6) is 0 Å². The number of amides is 1. The third-order valence-electron chi connectivity index (χ3n) is 3.98. The molecule has 0 saturated heterocycles. The van der Waals surface area contributed by atoms with Crippen LogP contribution in [0.3, 0.4) is 0 Å². The van der Waals surface area contributed by atoms with Gasteiger partial charge in [-0.1, -0.05) is 26.0 Å². The van der Waals surface area contributed by atoms with Gasteiger partial charge in [0.15, 0.2) is 0 Å². The van der Waals surface area contributed by atoms with E-state index in [1.165, 1.54) is 18.3 Å². The zero-order valence-corrected chi connectivity index (χ0v) is 15.7. The van der Waals surface area contributed by atoms with Crippen molar-refractivity contribution in [3.63, 3.8) is 0 Å². The second-order valence-corrected chi connectivity index (χ2v) is 7.73. The predicted octanol–water partition coefficient (Wildman–Crippen LogP) is 4.58. The quantitative estimate of drug-likeness (QED) is 0.837. The number of anilines is 1. The van der Waals surface area contributed by atoms with Gasteiger partial charge in [0.2, 0.25) is 0 Å². The Balaban J connectivity index is 2.11. The molecule has 2 aromatic rings. The number of aliphatic hydroxyl groups is 1. The van der Waals surface area contributed by atoms with Crippen LogP contribution in [0.25, 0.3) is 0 Å². The Morgan fingerprint density at radius 2 is 1.73 bits per heavy atom. The number of benzene rings is 1. The lowest BCUT2D eigenvalue weighted by molar-refractivity contribution is 0.0636. The van der Waals surface area contributed by atoms with Crippen LogP contribution in [-0.2, 0) is 10.2 Å². The Morgan fingerprint density at radius 1 is 1.12 bits per heavy atom. The molecule has 1 atom stereocenters. The smallest absolute Gasteiger partial charge is 0.412 e. The second-order valence-electron chi connectivity index (χ2n) is 7.73. The summed E-state index contributed by atoms with van der Waals surface area (Å²) < 4.78 is 18.3. The van der Waals surface area contributed by atoms with E-state index in [-0.39, 0.29) is 5.82 Å². The van der Waals surface area contributed by atoms with Gasteiger partial charge in [-0.05, 0) is 50.6 Å². The monoisotopic (exact) mass is 360 g/mol. The first kappa shape index (κ1) is 19.8. The van der Waals surface area contributed by atoms with Crippen LogP contribution >= 0.6 is 0 Å². The summed E-state index contributed by atoms with van der Waals surface area (Å²) in [5.41, 5.74) is 0.459. The van der Waals surface area contributed by atoms with Crippen LogP contribution in [-0.4, -0.2) is 21.8 Å². The maximum Gasteiger partial charge on any atom is 0.412 e. The number of halogens is 1. The molecule has 0 fully saturated rings. The standard InChI is InChI=1S/C20H25FN2O3/c1-19(2,3)26-18(25)23-15-10-11-16(22-12-15)17(24)20(4,5)13-6-8-14(21)9-7-13/h6-12,17,24H,1-5H3,(H,23,25). The third-order valence-corrected chi connectivity index (χ3v) is 3.98. The molecule has 1 aromatic carbocycles. The van der Waals surface area contributed by atoms with E-state index >= 15 is 0 Å². The van der Waals surface area contributed by atoms with Gasteiger partial charge in [0.25, 0.3) is 0 Å². The number of aromatic nitrogens is 1. The van der Waals surface area contributed by atoms with E-state index in [9.17, 15) is 14.3 Å². The Kier molecular flexibility index (Phi) is 5.66. The van der Waals surface area contributed by atoms with Gasteiger partial charge in [-0.3, -0.25) is 10.3 Å². The molecule has 6 heteroatoms. The van der Waals surface area contributed by atoms with Crippen molar-refractivity contribution >= 4 is 11.8 Å². The Bertz CT molecular complexity index is 750. The van der Waals surface area contributed by atoms with Gasteiger partial charge in [0.05, 0.1) is 17.6 Å². The summed E-state index contributed by atoms with van der Waals surface area (Å²) in [6, 6.07) is 9.32. The third kappa shape index (κ3) is 5.02. The molecule has 2 rings (SSSR count). The Hall–Kier alpha value is -2.47. The van der Waals surface area contributed by atoms with E-state index in [0.29, 0.717) is 11.4 Å². The van der Waals surface area contributed by atoms with Crippen LogP contribution in [0, 0.1) is 5.82 Å². The highest BCUT2D eigenvalue weighted by Crippen LogP contribution is 2.36. The largest absolute Gasteiger partial charge is 0.444 e. The number of hydrogen-bond acceptors (Lipinski definition) is 4. The molecule has 26 heavy (non-hydrogen) atoms. The number of aliphatic hydroxyl groups excluding tert-OH is 1. The molecule has 1 aromatic heterocycles. The number of nitrogens with zero attached hydrogens (tertiary/aromatic N) is 1. The maximum atomic E-state index is 13.1. The van der Waals surface area contributed by atoms with E-state index in [1.54, 1.807) is 45.0 Å². The van der Waals surface area contributed by atoms with Crippen LogP contribution < -0.4 is 5.32 Å². The lowest BCUT2D eigenvalue weighted by Crippen LogP contribution is -2.28. The molecule has 0 radical (unpaired) electrons. The summed E-state index contributed by atoms with van der Waals surface area (Å²) in [7, 11) is 0. The fraction of sp³-hybridized carbons (Fsp3) is 0.400. The topological polar surface area (TPSA) is 71.5 Å². The molecule has 5 nitrogen and oxygen atoms in total. The van der Waals surface area contributed by atoms with Gasteiger partial charge in [-0.15, -0.1) is 0 Å². The zero-order valence-electron chi connectivity index (χ0n) is 15.7. The molecule has 0 aliphatic heterocycles. The van der Waals surface area contributed by atoms with Crippen LogP contribution in [0.2, 0.25) is 0 Å². The first-order valence-corrected chi connectivity index (χ1v) is 8.39. The molecule has 1 amide bonds. The summed E-state index contributed by atoms with van der Waals surface area (Å²) in [5, 5.41) is 13.3. The number of carbonyl (C=O) groups excluding carboxylic acids is 1. The minimum atomic E-state index is -0.900. The fourth-order valence-electron chi connectivity index (χ4n) is 2.47. The number of carbonyl (C=O) groups is 1. The minimum absolute atomic E-state index is 0.324. The lowest BCUT2D eigenvalue weighted by atomic mass is 9.78. The van der Waals surface area contributed by atoms with Crippen molar-refractivity contribution in [2.24, 2.45) is 0 Å². The summed E-state index contributed by atoms with van der Waals surface area (Å²) in [6.07, 6.45) is -0.00813. The Morgan fingerprint density at radius 3 is 2.23 bits per heavy atom. The molecular weight excluding hydrogens is 335 g/mol. The van der Waals surface area contributed by atoms with Crippen molar-refractivity contribution in [2.75, 3.05) is 5.32 Å². The van der Waals surface area contributed by atoms with E-state index in [1.807, 2.05) is 13.8 Å². The molecule has 2 N–H and O–H groups in total. The van der Waals surface area contributed by atoms with Crippen molar-refractivity contribution < 1.29 is 19.0 Å². The molecule has 0 saturated carbocycles. The van der Waals surface area contributed by atoms with Crippen molar-refractivity contribution in [3.8, 4) is 0 Å². The van der Waals surface area contributed by atoms with Crippen LogP contribution in [0.1, 0.15) is 52.0 Å². The van der Waals surface area contributed by atoms with Gasteiger partial charge >= 0.3 is 6.09 Å². The van der Waals surface area contributed by atoms with Gasteiger partial charge < -0.3 is 9.84 Å².